The number of hydrogen-bond donors (Lipinski definition) is 1. The van der Waals surface area contributed by atoms with Crippen LogP contribution in [-0.4, -0.2) is 17.1 Å². The van der Waals surface area contributed by atoms with E-state index in [9.17, 15) is 8.78 Å². The van der Waals surface area contributed by atoms with Crippen molar-refractivity contribution in [2.45, 2.75) is 0 Å². The highest BCUT2D eigenvalue weighted by Gasteiger charge is 2.14. The third-order valence-electron chi connectivity index (χ3n) is 2.22. The summed E-state index contributed by atoms with van der Waals surface area (Å²) in [5.41, 5.74) is 0.0109. The summed E-state index contributed by atoms with van der Waals surface area (Å²) in [5.74, 6) is -1.28. The fourth-order valence-electron chi connectivity index (χ4n) is 1.44. The molecule has 0 aliphatic rings. The molecule has 0 radical (unpaired) electrons. The Balaban J connectivity index is 2.68. The van der Waals surface area contributed by atoms with Gasteiger partial charge in [-0.2, -0.15) is 0 Å². The van der Waals surface area contributed by atoms with Gasteiger partial charge in [0.15, 0.2) is 22.2 Å². The first-order valence-corrected chi connectivity index (χ1v) is 5.12. The van der Waals surface area contributed by atoms with E-state index in [0.29, 0.717) is 0 Å². The van der Waals surface area contributed by atoms with E-state index in [1.54, 1.807) is 6.07 Å². The van der Waals surface area contributed by atoms with Crippen molar-refractivity contribution < 1.29 is 13.5 Å². The van der Waals surface area contributed by atoms with E-state index in [0.717, 1.165) is 6.20 Å². The van der Waals surface area contributed by atoms with Gasteiger partial charge in [0.05, 0.1) is 19.0 Å². The lowest BCUT2D eigenvalue weighted by Gasteiger charge is -2.07. The molecule has 1 aromatic carbocycles. The van der Waals surface area contributed by atoms with Gasteiger partial charge in [0.2, 0.25) is 0 Å². The van der Waals surface area contributed by atoms with E-state index >= 15 is 0 Å². The molecule has 1 N–H and O–H groups in total. The topological polar surface area (TPSA) is 37.9 Å². The first kappa shape index (κ1) is 11.7. The number of H-pyrrole nitrogens is 1. The number of aromatic amines is 1. The van der Waals surface area contributed by atoms with Crippen molar-refractivity contribution in [1.29, 1.82) is 0 Å². The number of halogens is 2. The minimum Gasteiger partial charge on any atom is -0.494 e. The normalized spacial score (nSPS) is 10.3. The lowest BCUT2D eigenvalue weighted by Crippen LogP contribution is -1.97. The van der Waals surface area contributed by atoms with Crippen LogP contribution in [0, 0.1) is 16.4 Å². The van der Waals surface area contributed by atoms with E-state index < -0.39 is 11.6 Å². The number of ether oxygens (including phenoxy) is 1. The summed E-state index contributed by atoms with van der Waals surface area (Å²) in [6, 6.07) is 4.45. The Kier molecular flexibility index (Phi) is 3.14. The van der Waals surface area contributed by atoms with Gasteiger partial charge in [-0.15, -0.1) is 0 Å². The van der Waals surface area contributed by atoms with Gasteiger partial charge in [-0.05, 0) is 24.4 Å². The average molecular weight is 254 g/mol. The summed E-state index contributed by atoms with van der Waals surface area (Å²) in [5, 5.41) is 0. The van der Waals surface area contributed by atoms with E-state index in [1.807, 2.05) is 0 Å². The minimum atomic E-state index is -0.675. The van der Waals surface area contributed by atoms with Crippen molar-refractivity contribution in [3.63, 3.8) is 0 Å². The predicted molar refractivity (Wildman–Crippen MR) is 61.3 cm³/mol. The molecule has 0 amide bonds. The molecule has 0 unspecified atom stereocenters. The molecule has 1 aromatic heterocycles. The number of nitrogens with one attached hydrogen (secondary N) is 1. The first-order chi connectivity index (χ1) is 8.13. The quantitative estimate of drug-likeness (QED) is 0.837. The van der Waals surface area contributed by atoms with E-state index in [1.165, 1.54) is 19.2 Å². The van der Waals surface area contributed by atoms with Gasteiger partial charge in [-0.3, -0.25) is 0 Å². The van der Waals surface area contributed by atoms with Gasteiger partial charge >= 0.3 is 0 Å². The summed E-state index contributed by atoms with van der Waals surface area (Å²) in [6.07, 6.45) is 0.951. The average Bonchev–Trinajstić information content (AvgIpc) is 2.33. The van der Waals surface area contributed by atoms with Crippen LogP contribution in [0.5, 0.6) is 5.75 Å². The van der Waals surface area contributed by atoms with Crippen molar-refractivity contribution in [3.8, 4) is 17.0 Å². The molecule has 6 heteroatoms. The van der Waals surface area contributed by atoms with Crippen LogP contribution >= 0.6 is 12.2 Å². The number of methoxy groups -OCH3 is 1. The molecule has 0 bridgehead atoms. The van der Waals surface area contributed by atoms with Crippen LogP contribution in [0.3, 0.4) is 0 Å². The van der Waals surface area contributed by atoms with Gasteiger partial charge in [0.1, 0.15) is 0 Å². The summed E-state index contributed by atoms with van der Waals surface area (Å²) in [7, 11) is 1.34. The van der Waals surface area contributed by atoms with Crippen LogP contribution in [0.1, 0.15) is 0 Å². The van der Waals surface area contributed by atoms with Crippen molar-refractivity contribution in [2.24, 2.45) is 0 Å². The molecular formula is C11H8F2N2OS. The lowest BCUT2D eigenvalue weighted by molar-refractivity contribution is 0.387. The minimum absolute atomic E-state index is 0.0398. The highest BCUT2D eigenvalue weighted by molar-refractivity contribution is 7.71. The Morgan fingerprint density at radius 1 is 1.35 bits per heavy atom. The number of benzene rings is 1. The zero-order chi connectivity index (χ0) is 12.4. The molecule has 0 aliphatic carbocycles. The van der Waals surface area contributed by atoms with Gasteiger partial charge in [0, 0.05) is 5.56 Å². The summed E-state index contributed by atoms with van der Waals surface area (Å²) >= 11 is 4.78. The van der Waals surface area contributed by atoms with E-state index in [-0.39, 0.29) is 21.8 Å². The van der Waals surface area contributed by atoms with Crippen molar-refractivity contribution >= 4 is 12.2 Å². The zero-order valence-corrected chi connectivity index (χ0v) is 9.65. The Bertz CT molecular complexity index is 613. The molecule has 0 atom stereocenters. The van der Waals surface area contributed by atoms with E-state index in [2.05, 4.69) is 9.97 Å². The summed E-state index contributed by atoms with van der Waals surface area (Å²) < 4.78 is 32.3. The smallest absolute Gasteiger partial charge is 0.197 e. The monoisotopic (exact) mass is 254 g/mol. The third kappa shape index (κ3) is 2.16. The molecule has 0 saturated heterocycles. The SMILES string of the molecule is COc1cccc(-c2[nH]c(=S)ncc2F)c1F. The van der Waals surface area contributed by atoms with Crippen molar-refractivity contribution in [3.05, 3.63) is 40.8 Å². The standard InChI is InChI=1S/C11H8F2N2OS/c1-16-8-4-2-3-6(9(8)13)10-7(12)5-14-11(17)15-10/h2-5H,1H3,(H,14,15,17). The highest BCUT2D eigenvalue weighted by atomic mass is 32.1. The van der Waals surface area contributed by atoms with Crippen LogP contribution in [0.4, 0.5) is 8.78 Å². The second-order valence-electron chi connectivity index (χ2n) is 3.23. The zero-order valence-electron chi connectivity index (χ0n) is 8.83. The number of rotatable bonds is 2. The third-order valence-corrected chi connectivity index (χ3v) is 2.43. The summed E-state index contributed by atoms with van der Waals surface area (Å²) in [6.45, 7) is 0. The second-order valence-corrected chi connectivity index (χ2v) is 3.62. The Hall–Kier alpha value is -1.82. The maximum atomic E-state index is 13.9. The Labute approximate surface area is 101 Å². The van der Waals surface area contributed by atoms with Gasteiger partial charge < -0.3 is 9.72 Å². The molecule has 0 saturated carbocycles. The molecule has 17 heavy (non-hydrogen) atoms. The molecular weight excluding hydrogens is 246 g/mol. The van der Waals surface area contributed by atoms with Crippen molar-refractivity contribution in [2.75, 3.05) is 7.11 Å². The molecule has 0 spiro atoms. The van der Waals surface area contributed by atoms with Crippen LogP contribution in [0.25, 0.3) is 11.3 Å². The summed E-state index contributed by atoms with van der Waals surface area (Å²) in [4.78, 5) is 6.08. The van der Waals surface area contributed by atoms with Gasteiger partial charge in [-0.25, -0.2) is 13.8 Å². The predicted octanol–water partition coefficient (Wildman–Crippen LogP) is 3.09. The molecule has 0 aliphatic heterocycles. The van der Waals surface area contributed by atoms with Gasteiger partial charge in [0.25, 0.3) is 0 Å². The maximum absolute atomic E-state index is 13.9. The first-order valence-electron chi connectivity index (χ1n) is 4.71. The van der Waals surface area contributed by atoms with Crippen LogP contribution in [0.2, 0.25) is 0 Å². The second kappa shape index (κ2) is 4.58. The Morgan fingerprint density at radius 3 is 2.82 bits per heavy atom. The van der Waals surface area contributed by atoms with E-state index in [4.69, 9.17) is 17.0 Å². The Morgan fingerprint density at radius 2 is 2.12 bits per heavy atom. The molecule has 3 nitrogen and oxygen atoms in total. The highest BCUT2D eigenvalue weighted by Crippen LogP contribution is 2.28. The number of aromatic nitrogens is 2. The molecule has 2 aromatic rings. The lowest BCUT2D eigenvalue weighted by atomic mass is 10.1. The fourth-order valence-corrected chi connectivity index (χ4v) is 1.59. The van der Waals surface area contributed by atoms with Gasteiger partial charge in [-0.1, -0.05) is 6.07 Å². The number of hydrogen-bond acceptors (Lipinski definition) is 3. The van der Waals surface area contributed by atoms with Crippen LogP contribution in [0.15, 0.2) is 24.4 Å². The van der Waals surface area contributed by atoms with Crippen LogP contribution in [-0.2, 0) is 0 Å². The maximum Gasteiger partial charge on any atom is 0.197 e. The van der Waals surface area contributed by atoms with Crippen molar-refractivity contribution in [1.82, 2.24) is 9.97 Å². The molecule has 88 valence electrons. The van der Waals surface area contributed by atoms with Crippen LogP contribution < -0.4 is 4.74 Å². The number of nitrogens with zero attached hydrogens (tertiary/aromatic N) is 1. The largest absolute Gasteiger partial charge is 0.494 e. The fraction of sp³-hybridized carbons (Fsp3) is 0.0909. The molecule has 0 fully saturated rings. The molecule has 2 rings (SSSR count). The molecule has 1 heterocycles.